The number of hydrogen-bond donors (Lipinski definition) is 0. The summed E-state index contributed by atoms with van der Waals surface area (Å²) in [6.45, 7) is 2.25. The van der Waals surface area contributed by atoms with E-state index in [1.807, 2.05) is 18.2 Å². The lowest BCUT2D eigenvalue weighted by molar-refractivity contribution is -0.133. The first-order valence-corrected chi connectivity index (χ1v) is 12.1. The lowest BCUT2D eigenvalue weighted by atomic mass is 9.63. The molecule has 1 fully saturated rings. The molecule has 0 spiro atoms. The third-order valence-electron chi connectivity index (χ3n) is 7.20. The molecule has 0 amide bonds. The average Bonchev–Trinajstić information content (AvgIpc) is 2.78. The topological polar surface area (TPSA) is 0 Å². The summed E-state index contributed by atoms with van der Waals surface area (Å²) in [5.41, 5.74) is 2.28. The predicted octanol–water partition coefficient (Wildman–Crippen LogP) is 9.30. The predicted molar refractivity (Wildman–Crippen MR) is 125 cm³/mol. The Kier molecular flexibility index (Phi) is 8.63. The molecule has 1 aromatic carbocycles. The normalized spacial score (nSPS) is 26.9. The number of benzene rings is 1. The van der Waals surface area contributed by atoms with Crippen LogP contribution in [0.25, 0.3) is 5.57 Å². The van der Waals surface area contributed by atoms with Crippen LogP contribution >= 0.6 is 0 Å². The Morgan fingerprint density at radius 3 is 2.39 bits per heavy atom. The molecule has 3 rings (SSSR count). The van der Waals surface area contributed by atoms with Gasteiger partial charge in [-0.15, -0.1) is 0 Å². The number of unbranched alkanes of at least 4 members (excludes halogenated alkanes) is 2. The Morgan fingerprint density at radius 1 is 1.03 bits per heavy atom. The van der Waals surface area contributed by atoms with Gasteiger partial charge in [0, 0.05) is 11.8 Å². The zero-order chi connectivity index (χ0) is 22.2. The molecule has 1 unspecified atom stereocenters. The number of allylic oxidation sites excluding steroid dienone is 6. The maximum Gasteiger partial charge on any atom is 0.389 e. The molecular formula is C28H37F3. The van der Waals surface area contributed by atoms with Crippen molar-refractivity contribution in [2.45, 2.75) is 83.7 Å². The van der Waals surface area contributed by atoms with Gasteiger partial charge in [0.15, 0.2) is 0 Å². The molecule has 1 saturated carbocycles. The second-order valence-corrected chi connectivity index (χ2v) is 9.44. The zero-order valence-electron chi connectivity index (χ0n) is 18.8. The van der Waals surface area contributed by atoms with Crippen molar-refractivity contribution in [2.24, 2.45) is 17.3 Å². The number of halogens is 3. The van der Waals surface area contributed by atoms with Crippen LogP contribution < -0.4 is 0 Å². The first-order chi connectivity index (χ1) is 14.9. The fourth-order valence-electron chi connectivity index (χ4n) is 5.30. The Hall–Kier alpha value is -1.77. The first kappa shape index (κ1) is 23.9. The van der Waals surface area contributed by atoms with Crippen LogP contribution in [0.4, 0.5) is 13.2 Å². The second kappa shape index (κ2) is 11.2. The molecule has 2 aliphatic rings. The highest BCUT2D eigenvalue weighted by Gasteiger charge is 2.37. The molecule has 0 nitrogen and oxygen atoms in total. The van der Waals surface area contributed by atoms with Gasteiger partial charge in [0.1, 0.15) is 0 Å². The van der Waals surface area contributed by atoms with Crippen molar-refractivity contribution in [3.63, 3.8) is 0 Å². The molecular weight excluding hydrogens is 393 g/mol. The van der Waals surface area contributed by atoms with Crippen molar-refractivity contribution in [2.75, 3.05) is 0 Å². The minimum absolute atomic E-state index is 0.0701. The fraction of sp³-hybridized carbons (Fsp3) is 0.571. The number of hydrogen-bond acceptors (Lipinski definition) is 0. The van der Waals surface area contributed by atoms with Gasteiger partial charge < -0.3 is 0 Å². The summed E-state index contributed by atoms with van der Waals surface area (Å²) >= 11 is 0. The highest BCUT2D eigenvalue weighted by atomic mass is 19.4. The van der Waals surface area contributed by atoms with Crippen molar-refractivity contribution in [3.8, 4) is 0 Å². The van der Waals surface area contributed by atoms with Gasteiger partial charge in [-0.1, -0.05) is 106 Å². The summed E-state index contributed by atoms with van der Waals surface area (Å²) in [4.78, 5) is 0. The Balaban J connectivity index is 1.69. The summed E-state index contributed by atoms with van der Waals surface area (Å²) in [5, 5.41) is 0. The Labute approximate surface area is 186 Å². The van der Waals surface area contributed by atoms with E-state index in [9.17, 15) is 13.2 Å². The van der Waals surface area contributed by atoms with Gasteiger partial charge in [-0.3, -0.25) is 0 Å². The number of rotatable bonds is 9. The molecule has 0 aliphatic heterocycles. The van der Waals surface area contributed by atoms with E-state index in [-0.39, 0.29) is 11.8 Å². The van der Waals surface area contributed by atoms with Gasteiger partial charge in [-0.05, 0) is 48.7 Å². The summed E-state index contributed by atoms with van der Waals surface area (Å²) in [6.07, 6.45) is 16.9. The van der Waals surface area contributed by atoms with E-state index in [1.54, 1.807) is 6.08 Å². The number of alkyl halides is 3. The van der Waals surface area contributed by atoms with Crippen molar-refractivity contribution in [1.82, 2.24) is 0 Å². The molecule has 31 heavy (non-hydrogen) atoms. The van der Waals surface area contributed by atoms with Crippen LogP contribution in [0, 0.1) is 17.3 Å². The van der Waals surface area contributed by atoms with Gasteiger partial charge in [-0.25, -0.2) is 0 Å². The maximum absolute atomic E-state index is 12.6. The molecule has 0 saturated heterocycles. The molecule has 0 heterocycles. The van der Waals surface area contributed by atoms with Gasteiger partial charge in [0.25, 0.3) is 0 Å². The van der Waals surface area contributed by atoms with Crippen molar-refractivity contribution >= 4 is 5.57 Å². The summed E-state index contributed by atoms with van der Waals surface area (Å²) in [5.74, 6) is 1.35. The molecule has 1 aromatic rings. The van der Waals surface area contributed by atoms with Gasteiger partial charge in [0.2, 0.25) is 0 Å². The first-order valence-electron chi connectivity index (χ1n) is 12.1. The monoisotopic (exact) mass is 430 g/mol. The minimum Gasteiger partial charge on any atom is -0.171 e. The lowest BCUT2D eigenvalue weighted by Crippen LogP contribution is -2.31. The Morgan fingerprint density at radius 2 is 1.77 bits per heavy atom. The average molecular weight is 431 g/mol. The third kappa shape index (κ3) is 7.12. The smallest absolute Gasteiger partial charge is 0.171 e. The van der Waals surface area contributed by atoms with Crippen LogP contribution in [0.15, 0.2) is 60.7 Å². The van der Waals surface area contributed by atoms with Crippen LogP contribution in [0.3, 0.4) is 0 Å². The minimum atomic E-state index is -4.09. The van der Waals surface area contributed by atoms with E-state index in [0.29, 0.717) is 5.92 Å². The summed E-state index contributed by atoms with van der Waals surface area (Å²) in [6, 6.07) is 10.3. The van der Waals surface area contributed by atoms with Gasteiger partial charge in [-0.2, -0.15) is 13.2 Å². The molecule has 0 radical (unpaired) electrons. The Bertz CT molecular complexity index is 748. The van der Waals surface area contributed by atoms with Crippen LogP contribution in [0.1, 0.15) is 83.1 Å². The molecule has 3 heteroatoms. The highest BCUT2D eigenvalue weighted by Crippen LogP contribution is 2.48. The van der Waals surface area contributed by atoms with Gasteiger partial charge >= 0.3 is 6.18 Å². The van der Waals surface area contributed by atoms with Crippen LogP contribution in [-0.2, 0) is 0 Å². The van der Waals surface area contributed by atoms with Crippen molar-refractivity contribution in [3.05, 3.63) is 66.3 Å². The van der Waals surface area contributed by atoms with Crippen molar-refractivity contribution < 1.29 is 13.2 Å². The molecule has 170 valence electrons. The SMILES string of the molecule is CCCCC[C@H]1CC[C@H](C2(C=CCCC(F)(F)F)C=CC(c3ccccc3)=CC2)CC1. The maximum atomic E-state index is 12.6. The largest absolute Gasteiger partial charge is 0.389 e. The molecule has 2 aliphatic carbocycles. The van der Waals surface area contributed by atoms with E-state index < -0.39 is 12.6 Å². The molecule has 0 aromatic heterocycles. The zero-order valence-corrected chi connectivity index (χ0v) is 18.8. The van der Waals surface area contributed by atoms with E-state index in [2.05, 4.69) is 43.4 Å². The van der Waals surface area contributed by atoms with Gasteiger partial charge in [0.05, 0.1) is 0 Å². The third-order valence-corrected chi connectivity index (χ3v) is 7.20. The molecule has 0 bridgehead atoms. The van der Waals surface area contributed by atoms with Crippen LogP contribution in [0.2, 0.25) is 0 Å². The fourth-order valence-corrected chi connectivity index (χ4v) is 5.30. The van der Waals surface area contributed by atoms with E-state index in [4.69, 9.17) is 0 Å². The summed E-state index contributed by atoms with van der Waals surface area (Å²) in [7, 11) is 0. The van der Waals surface area contributed by atoms with Crippen molar-refractivity contribution in [1.29, 1.82) is 0 Å². The molecule has 0 N–H and O–H groups in total. The van der Waals surface area contributed by atoms with E-state index >= 15 is 0 Å². The highest BCUT2D eigenvalue weighted by molar-refractivity contribution is 5.75. The van der Waals surface area contributed by atoms with Crippen LogP contribution in [-0.4, -0.2) is 6.18 Å². The standard InChI is InChI=1S/C28H37F3/c1-2-3-5-10-23-13-15-26(16-14-23)27(19-8-9-20-28(29,30)31)21-17-25(18-22-27)24-11-6-4-7-12-24/h4,6-8,11-12,17-19,21,23,26H,2-3,5,9-10,13-16,20,22H2,1H3/t23-,26-,27?. The molecule has 1 atom stereocenters. The lowest BCUT2D eigenvalue weighted by Gasteiger charge is -2.42. The quantitative estimate of drug-likeness (QED) is 0.270. The second-order valence-electron chi connectivity index (χ2n) is 9.44. The summed E-state index contributed by atoms with van der Waals surface area (Å²) < 4.78 is 37.9. The van der Waals surface area contributed by atoms with E-state index in [0.717, 1.165) is 12.3 Å². The van der Waals surface area contributed by atoms with Crippen LogP contribution in [0.5, 0.6) is 0 Å². The van der Waals surface area contributed by atoms with E-state index in [1.165, 1.54) is 62.5 Å².